The van der Waals surface area contributed by atoms with Crippen LogP contribution in [0.2, 0.25) is 0 Å². The highest BCUT2D eigenvalue weighted by atomic mass is 19.1. The van der Waals surface area contributed by atoms with Gasteiger partial charge in [-0.1, -0.05) is 24.3 Å². The summed E-state index contributed by atoms with van der Waals surface area (Å²) in [7, 11) is 0. The van der Waals surface area contributed by atoms with Crippen LogP contribution in [0.25, 0.3) is 0 Å². The fourth-order valence-corrected chi connectivity index (χ4v) is 3.42. The number of carboxylic acid groups (broad SMARTS) is 1. The van der Waals surface area contributed by atoms with Crippen molar-refractivity contribution in [2.24, 2.45) is 5.41 Å². The first-order chi connectivity index (χ1) is 13.3. The zero-order valence-electron chi connectivity index (χ0n) is 15.5. The molecule has 1 fully saturated rings. The van der Waals surface area contributed by atoms with Gasteiger partial charge in [0.1, 0.15) is 11.6 Å². The van der Waals surface area contributed by atoms with Crippen LogP contribution in [-0.2, 0) is 11.2 Å². The molecule has 0 spiro atoms. The highest BCUT2D eigenvalue weighted by Gasteiger charge is 2.42. The Bertz CT molecular complexity index is 889. The van der Waals surface area contributed by atoms with Gasteiger partial charge in [-0.15, -0.1) is 0 Å². The van der Waals surface area contributed by atoms with E-state index in [1.807, 2.05) is 0 Å². The van der Waals surface area contributed by atoms with Gasteiger partial charge in [-0.25, -0.2) is 13.6 Å². The molecule has 0 bridgehead atoms. The lowest BCUT2D eigenvalue weighted by Crippen LogP contribution is -2.42. The molecule has 7 heteroatoms. The summed E-state index contributed by atoms with van der Waals surface area (Å²) in [5.74, 6) is -1.77. The highest BCUT2D eigenvalue weighted by molar-refractivity contribution is 5.79. The summed E-state index contributed by atoms with van der Waals surface area (Å²) in [6, 6.07) is 10.9. The minimum Gasteiger partial charge on any atom is -0.481 e. The molecule has 0 radical (unpaired) electrons. The monoisotopic (exact) mass is 388 g/mol. The number of hydrogen-bond donors (Lipinski definition) is 2. The van der Waals surface area contributed by atoms with Crippen LogP contribution in [0.4, 0.5) is 13.6 Å². The van der Waals surface area contributed by atoms with E-state index in [0.29, 0.717) is 24.1 Å². The number of carbonyl (C=O) groups is 2. The summed E-state index contributed by atoms with van der Waals surface area (Å²) in [6.45, 7) is 2.04. The van der Waals surface area contributed by atoms with Gasteiger partial charge in [0.2, 0.25) is 0 Å². The maximum Gasteiger partial charge on any atom is 0.317 e. The molecule has 2 aromatic rings. The number of nitrogens with zero attached hydrogens (tertiary/aromatic N) is 1. The van der Waals surface area contributed by atoms with Crippen molar-refractivity contribution < 1.29 is 23.5 Å². The van der Waals surface area contributed by atoms with E-state index in [4.69, 9.17) is 0 Å². The topological polar surface area (TPSA) is 69.6 Å². The smallest absolute Gasteiger partial charge is 0.317 e. The number of rotatable bonds is 5. The van der Waals surface area contributed by atoms with Gasteiger partial charge in [0.15, 0.2) is 0 Å². The summed E-state index contributed by atoms with van der Waals surface area (Å²) in [6.07, 6.45) is 0.640. The highest BCUT2D eigenvalue weighted by Crippen LogP contribution is 2.30. The second-order valence-electron chi connectivity index (χ2n) is 7.43. The van der Waals surface area contributed by atoms with E-state index in [1.54, 1.807) is 31.2 Å². The minimum atomic E-state index is -0.978. The number of aliphatic carboxylic acids is 1. The first-order valence-corrected chi connectivity index (χ1v) is 9.05. The Labute approximate surface area is 162 Å². The second kappa shape index (κ2) is 7.96. The molecule has 1 saturated heterocycles. The summed E-state index contributed by atoms with van der Waals surface area (Å²) >= 11 is 0. The predicted octanol–water partition coefficient (Wildman–Crippen LogP) is 3.75. The maximum absolute atomic E-state index is 13.7. The third-order valence-electron chi connectivity index (χ3n) is 5.15. The van der Waals surface area contributed by atoms with Crippen molar-refractivity contribution in [1.82, 2.24) is 10.2 Å². The van der Waals surface area contributed by atoms with Crippen molar-refractivity contribution >= 4 is 12.0 Å². The third kappa shape index (κ3) is 4.47. The Balaban J connectivity index is 1.79. The maximum atomic E-state index is 13.7. The van der Waals surface area contributed by atoms with E-state index < -0.39 is 35.1 Å². The van der Waals surface area contributed by atoms with Gasteiger partial charge in [0, 0.05) is 13.1 Å². The predicted molar refractivity (Wildman–Crippen MR) is 99.7 cm³/mol. The number of likely N-dealkylation sites (tertiary alicyclic amines) is 1. The lowest BCUT2D eigenvalue weighted by Gasteiger charge is -2.25. The Morgan fingerprint density at radius 3 is 2.46 bits per heavy atom. The van der Waals surface area contributed by atoms with E-state index in [0.717, 1.165) is 0 Å². The molecule has 3 rings (SSSR count). The molecule has 5 nitrogen and oxygen atoms in total. The largest absolute Gasteiger partial charge is 0.481 e. The Morgan fingerprint density at radius 2 is 1.86 bits per heavy atom. The molecule has 2 N–H and O–H groups in total. The van der Waals surface area contributed by atoms with Crippen LogP contribution in [0.3, 0.4) is 0 Å². The van der Waals surface area contributed by atoms with Crippen molar-refractivity contribution in [3.8, 4) is 0 Å². The molecule has 0 aliphatic carbocycles. The number of hydrogen-bond acceptors (Lipinski definition) is 2. The first-order valence-electron chi connectivity index (χ1n) is 9.05. The van der Waals surface area contributed by atoms with E-state index in [9.17, 15) is 23.5 Å². The Morgan fingerprint density at radius 1 is 1.18 bits per heavy atom. The van der Waals surface area contributed by atoms with Gasteiger partial charge in [0.05, 0.1) is 11.5 Å². The fraction of sp³-hybridized carbons (Fsp3) is 0.333. The van der Waals surface area contributed by atoms with E-state index in [1.165, 1.54) is 29.2 Å². The molecule has 2 unspecified atom stereocenters. The molecule has 0 aromatic heterocycles. The molecule has 2 atom stereocenters. The second-order valence-corrected chi connectivity index (χ2v) is 7.43. The van der Waals surface area contributed by atoms with Crippen LogP contribution in [0.15, 0.2) is 48.5 Å². The molecule has 2 amide bonds. The van der Waals surface area contributed by atoms with Crippen LogP contribution in [0, 0.1) is 17.0 Å². The van der Waals surface area contributed by atoms with Gasteiger partial charge in [0.25, 0.3) is 0 Å². The number of urea groups is 1. The van der Waals surface area contributed by atoms with E-state index in [2.05, 4.69) is 5.32 Å². The third-order valence-corrected chi connectivity index (χ3v) is 5.15. The van der Waals surface area contributed by atoms with Crippen molar-refractivity contribution in [3.63, 3.8) is 0 Å². The molecule has 0 saturated carbocycles. The number of nitrogens with one attached hydrogen (secondary N) is 1. The average molecular weight is 388 g/mol. The molecule has 1 heterocycles. The van der Waals surface area contributed by atoms with Crippen molar-refractivity contribution in [1.29, 1.82) is 0 Å². The van der Waals surface area contributed by atoms with Crippen molar-refractivity contribution in [2.75, 3.05) is 13.1 Å². The minimum absolute atomic E-state index is 0.101. The molecular formula is C21H22F2N2O3. The van der Waals surface area contributed by atoms with Gasteiger partial charge in [-0.05, 0) is 55.2 Å². The summed E-state index contributed by atoms with van der Waals surface area (Å²) in [4.78, 5) is 25.6. The van der Waals surface area contributed by atoms with Crippen LogP contribution < -0.4 is 5.32 Å². The summed E-state index contributed by atoms with van der Waals surface area (Å²) in [5.41, 5.74) is 0.234. The quantitative estimate of drug-likeness (QED) is 0.820. The Hall–Kier alpha value is -2.96. The molecule has 1 aliphatic heterocycles. The molecule has 28 heavy (non-hydrogen) atoms. The number of benzene rings is 2. The van der Waals surface area contributed by atoms with Crippen LogP contribution >= 0.6 is 0 Å². The zero-order valence-corrected chi connectivity index (χ0v) is 15.5. The van der Waals surface area contributed by atoms with Crippen molar-refractivity contribution in [2.45, 2.75) is 25.8 Å². The fourth-order valence-electron chi connectivity index (χ4n) is 3.42. The van der Waals surface area contributed by atoms with Crippen LogP contribution in [-0.4, -0.2) is 35.1 Å². The zero-order chi connectivity index (χ0) is 20.3. The molecule has 148 valence electrons. The van der Waals surface area contributed by atoms with E-state index in [-0.39, 0.29) is 13.0 Å². The summed E-state index contributed by atoms with van der Waals surface area (Å²) in [5, 5.41) is 12.2. The standard InChI is InChI=1S/C21H22F2N2O3/c1-21(19(26)27)8-9-25(13-21)20(28)24-18(15-5-3-7-17(23)12-15)11-14-4-2-6-16(22)10-14/h2-7,10,12,18H,8-9,11,13H2,1H3,(H,24,28)(H,26,27). The van der Waals surface area contributed by atoms with Gasteiger partial charge in [-0.3, -0.25) is 4.79 Å². The first kappa shape index (κ1) is 19.8. The van der Waals surface area contributed by atoms with Crippen LogP contribution in [0.5, 0.6) is 0 Å². The lowest BCUT2D eigenvalue weighted by atomic mass is 9.90. The number of halogens is 2. The molecular weight excluding hydrogens is 366 g/mol. The molecule has 1 aliphatic rings. The number of carboxylic acids is 1. The van der Waals surface area contributed by atoms with Gasteiger partial charge in [-0.2, -0.15) is 0 Å². The lowest BCUT2D eigenvalue weighted by molar-refractivity contribution is -0.147. The normalized spacial score (nSPS) is 20.0. The molecule has 2 aromatic carbocycles. The number of amides is 2. The number of carbonyl (C=O) groups excluding carboxylic acids is 1. The van der Waals surface area contributed by atoms with Gasteiger partial charge < -0.3 is 15.3 Å². The Kier molecular flexibility index (Phi) is 5.63. The summed E-state index contributed by atoms with van der Waals surface area (Å²) < 4.78 is 27.3. The van der Waals surface area contributed by atoms with Gasteiger partial charge >= 0.3 is 12.0 Å². The SMILES string of the molecule is CC1(C(=O)O)CCN(C(=O)NC(Cc2cccc(F)c2)c2cccc(F)c2)C1. The average Bonchev–Trinajstić information content (AvgIpc) is 3.05. The van der Waals surface area contributed by atoms with E-state index >= 15 is 0 Å². The van der Waals surface area contributed by atoms with Crippen LogP contribution in [0.1, 0.15) is 30.5 Å². The van der Waals surface area contributed by atoms with Crippen molar-refractivity contribution in [3.05, 3.63) is 71.3 Å².